The first kappa shape index (κ1) is 17.0. The van der Waals surface area contributed by atoms with Crippen molar-refractivity contribution >= 4 is 23.1 Å². The largest absolute Gasteiger partial charge is 0.326 e. The lowest BCUT2D eigenvalue weighted by Gasteiger charge is -2.37. The Balaban J connectivity index is 2.96. The van der Waals surface area contributed by atoms with Gasteiger partial charge in [-0.25, -0.2) is 0 Å². The maximum Gasteiger partial charge on any atom is 0.0593 e. The second kappa shape index (κ2) is 8.30. The van der Waals surface area contributed by atoms with Gasteiger partial charge in [-0.1, -0.05) is 13.8 Å². The van der Waals surface area contributed by atoms with Crippen molar-refractivity contribution in [3.63, 3.8) is 0 Å². The van der Waals surface area contributed by atoms with Gasteiger partial charge in [0.25, 0.3) is 0 Å². The fourth-order valence-electron chi connectivity index (χ4n) is 2.49. The van der Waals surface area contributed by atoms with E-state index in [9.17, 15) is 0 Å². The molecule has 0 fully saturated rings. The first-order valence-electron chi connectivity index (χ1n) is 7.07. The summed E-state index contributed by atoms with van der Waals surface area (Å²) >= 11 is 3.81. The summed E-state index contributed by atoms with van der Waals surface area (Å²) in [6.45, 7) is 6.62. The third-order valence-corrected chi connectivity index (χ3v) is 5.56. The first-order chi connectivity index (χ1) is 9.04. The SMILES string of the molecule is CCC(N)C(c1ccc(C)s1)N(C)C(CC)CSC. The van der Waals surface area contributed by atoms with Crippen LogP contribution in [0.1, 0.15) is 42.5 Å². The van der Waals surface area contributed by atoms with Crippen molar-refractivity contribution in [1.82, 2.24) is 4.90 Å². The van der Waals surface area contributed by atoms with Gasteiger partial charge in [-0.15, -0.1) is 11.3 Å². The van der Waals surface area contributed by atoms with Crippen LogP contribution < -0.4 is 5.73 Å². The summed E-state index contributed by atoms with van der Waals surface area (Å²) in [6.07, 6.45) is 4.37. The van der Waals surface area contributed by atoms with Crippen molar-refractivity contribution < 1.29 is 0 Å². The highest BCUT2D eigenvalue weighted by Gasteiger charge is 2.28. The van der Waals surface area contributed by atoms with Crippen LogP contribution in [0.5, 0.6) is 0 Å². The van der Waals surface area contributed by atoms with Crippen LogP contribution in [0, 0.1) is 6.92 Å². The molecular formula is C15H28N2S2. The van der Waals surface area contributed by atoms with Crippen LogP contribution >= 0.6 is 23.1 Å². The molecule has 0 saturated carbocycles. The van der Waals surface area contributed by atoms with Crippen LogP contribution in [0.2, 0.25) is 0 Å². The second-order valence-electron chi connectivity index (χ2n) is 5.15. The molecule has 0 aliphatic heterocycles. The molecule has 0 bridgehead atoms. The number of rotatable bonds is 8. The van der Waals surface area contributed by atoms with E-state index < -0.39 is 0 Å². The molecule has 0 saturated heterocycles. The van der Waals surface area contributed by atoms with Gasteiger partial charge < -0.3 is 5.73 Å². The minimum atomic E-state index is 0.207. The Hall–Kier alpha value is -0.0300. The lowest BCUT2D eigenvalue weighted by Crippen LogP contribution is -2.44. The summed E-state index contributed by atoms with van der Waals surface area (Å²) in [4.78, 5) is 5.28. The fourth-order valence-corrected chi connectivity index (χ4v) is 4.45. The van der Waals surface area contributed by atoms with Gasteiger partial charge >= 0.3 is 0 Å². The van der Waals surface area contributed by atoms with Crippen molar-refractivity contribution in [3.05, 3.63) is 21.9 Å². The Labute approximate surface area is 126 Å². The minimum Gasteiger partial charge on any atom is -0.326 e. The topological polar surface area (TPSA) is 29.3 Å². The zero-order chi connectivity index (χ0) is 14.4. The number of hydrogen-bond acceptors (Lipinski definition) is 4. The molecule has 1 rings (SSSR count). The van der Waals surface area contributed by atoms with E-state index in [4.69, 9.17) is 5.73 Å². The highest BCUT2D eigenvalue weighted by Crippen LogP contribution is 2.32. The normalized spacial score (nSPS) is 16.6. The van der Waals surface area contributed by atoms with E-state index in [2.05, 4.69) is 51.1 Å². The number of aryl methyl sites for hydroxylation is 1. The molecule has 0 aliphatic carbocycles. The second-order valence-corrected chi connectivity index (χ2v) is 7.38. The molecule has 110 valence electrons. The molecule has 0 spiro atoms. The molecule has 3 atom stereocenters. The quantitative estimate of drug-likeness (QED) is 0.789. The third kappa shape index (κ3) is 4.48. The maximum atomic E-state index is 6.41. The molecular weight excluding hydrogens is 272 g/mol. The molecule has 2 nitrogen and oxygen atoms in total. The number of thioether (sulfide) groups is 1. The fraction of sp³-hybridized carbons (Fsp3) is 0.733. The van der Waals surface area contributed by atoms with Crippen LogP contribution in [0.15, 0.2) is 12.1 Å². The Morgan fingerprint density at radius 2 is 2.00 bits per heavy atom. The number of hydrogen-bond donors (Lipinski definition) is 1. The van der Waals surface area contributed by atoms with E-state index in [1.807, 2.05) is 23.1 Å². The molecule has 1 aromatic heterocycles. The average molecular weight is 301 g/mol. The van der Waals surface area contributed by atoms with Gasteiger partial charge in [0.2, 0.25) is 0 Å². The van der Waals surface area contributed by atoms with Crippen molar-refractivity contribution in [2.75, 3.05) is 19.1 Å². The molecule has 2 N–H and O–H groups in total. The minimum absolute atomic E-state index is 0.207. The van der Waals surface area contributed by atoms with Crippen molar-refractivity contribution in [1.29, 1.82) is 0 Å². The predicted molar refractivity (Wildman–Crippen MR) is 90.3 cm³/mol. The summed E-state index contributed by atoms with van der Waals surface area (Å²) in [6, 6.07) is 5.61. The molecule has 0 amide bonds. The van der Waals surface area contributed by atoms with Gasteiger partial charge in [-0.2, -0.15) is 11.8 Å². The third-order valence-electron chi connectivity index (χ3n) is 3.77. The summed E-state index contributed by atoms with van der Waals surface area (Å²) in [5.41, 5.74) is 6.41. The molecule has 1 aromatic rings. The zero-order valence-corrected chi connectivity index (χ0v) is 14.5. The molecule has 3 unspecified atom stereocenters. The highest BCUT2D eigenvalue weighted by molar-refractivity contribution is 7.98. The standard InChI is InChI=1S/C15H28N2S2/c1-6-12(10-18-5)17(4)15(13(16)7-2)14-9-8-11(3)19-14/h8-9,12-13,15H,6-7,10,16H2,1-5H3. The Morgan fingerprint density at radius 1 is 1.32 bits per heavy atom. The Morgan fingerprint density at radius 3 is 2.42 bits per heavy atom. The van der Waals surface area contributed by atoms with Crippen molar-refractivity contribution in [3.8, 4) is 0 Å². The summed E-state index contributed by atoms with van der Waals surface area (Å²) in [7, 11) is 2.24. The van der Waals surface area contributed by atoms with Crippen LogP contribution in [0.4, 0.5) is 0 Å². The van der Waals surface area contributed by atoms with Crippen LogP contribution in [0.25, 0.3) is 0 Å². The number of likely N-dealkylation sites (N-methyl/N-ethyl adjacent to an activating group) is 1. The van der Waals surface area contributed by atoms with E-state index >= 15 is 0 Å². The van der Waals surface area contributed by atoms with E-state index in [0.717, 1.165) is 6.42 Å². The predicted octanol–water partition coefficient (Wildman–Crippen LogP) is 3.91. The highest BCUT2D eigenvalue weighted by atomic mass is 32.2. The Bertz CT molecular complexity index is 365. The Kier molecular flexibility index (Phi) is 7.44. The number of thiophene rings is 1. The van der Waals surface area contributed by atoms with Crippen molar-refractivity contribution in [2.45, 2.75) is 51.7 Å². The van der Waals surface area contributed by atoms with Gasteiger partial charge in [0, 0.05) is 27.6 Å². The number of nitrogens with two attached hydrogens (primary N) is 1. The van der Waals surface area contributed by atoms with E-state index in [1.54, 1.807) is 0 Å². The van der Waals surface area contributed by atoms with Crippen LogP contribution in [-0.2, 0) is 0 Å². The molecule has 0 aliphatic rings. The molecule has 19 heavy (non-hydrogen) atoms. The lowest BCUT2D eigenvalue weighted by atomic mass is 10.0. The summed E-state index contributed by atoms with van der Waals surface area (Å²) < 4.78 is 0. The maximum absolute atomic E-state index is 6.41. The van der Waals surface area contributed by atoms with Crippen LogP contribution in [0.3, 0.4) is 0 Å². The average Bonchev–Trinajstić information content (AvgIpc) is 2.82. The van der Waals surface area contributed by atoms with Gasteiger partial charge in [-0.3, -0.25) is 4.90 Å². The molecule has 0 radical (unpaired) electrons. The monoisotopic (exact) mass is 300 g/mol. The van der Waals surface area contributed by atoms with Gasteiger partial charge in [0.1, 0.15) is 0 Å². The van der Waals surface area contributed by atoms with Gasteiger partial charge in [0.15, 0.2) is 0 Å². The molecule has 4 heteroatoms. The van der Waals surface area contributed by atoms with Crippen LogP contribution in [-0.4, -0.2) is 36.0 Å². The van der Waals surface area contributed by atoms with Crippen molar-refractivity contribution in [2.24, 2.45) is 5.73 Å². The number of nitrogens with zero attached hydrogens (tertiary/aromatic N) is 1. The summed E-state index contributed by atoms with van der Waals surface area (Å²) in [5.74, 6) is 1.17. The lowest BCUT2D eigenvalue weighted by molar-refractivity contribution is 0.160. The first-order valence-corrected chi connectivity index (χ1v) is 9.28. The molecule has 0 aromatic carbocycles. The van der Waals surface area contributed by atoms with E-state index in [1.165, 1.54) is 21.9 Å². The van der Waals surface area contributed by atoms with E-state index in [0.29, 0.717) is 12.1 Å². The van der Waals surface area contributed by atoms with E-state index in [-0.39, 0.29) is 6.04 Å². The zero-order valence-electron chi connectivity index (χ0n) is 12.8. The summed E-state index contributed by atoms with van der Waals surface area (Å²) in [5, 5.41) is 0. The molecule has 1 heterocycles. The van der Waals surface area contributed by atoms with Gasteiger partial charge in [0.05, 0.1) is 6.04 Å². The van der Waals surface area contributed by atoms with Gasteiger partial charge in [-0.05, 0) is 45.2 Å². The smallest absolute Gasteiger partial charge is 0.0593 e.